The maximum atomic E-state index is 5.76. The first kappa shape index (κ1) is 23.0. The number of allylic oxidation sites excluding steroid dienone is 6. The van der Waals surface area contributed by atoms with Crippen LogP contribution in [0.5, 0.6) is 5.75 Å². The number of nitrogens with two attached hydrogens (primary N) is 1. The van der Waals surface area contributed by atoms with Gasteiger partial charge in [-0.3, -0.25) is 0 Å². The van der Waals surface area contributed by atoms with Crippen LogP contribution in [-0.2, 0) is 11.2 Å². The molecule has 4 heteroatoms. The number of nitrogens with zero attached hydrogens (tertiary/aromatic N) is 1. The summed E-state index contributed by atoms with van der Waals surface area (Å²) in [7, 11) is 1.64. The van der Waals surface area contributed by atoms with Gasteiger partial charge in [0.2, 0.25) is 0 Å². The Bertz CT molecular complexity index is 934. The van der Waals surface area contributed by atoms with Gasteiger partial charge in [-0.05, 0) is 81.2 Å². The zero-order valence-corrected chi connectivity index (χ0v) is 18.4. The van der Waals surface area contributed by atoms with E-state index in [2.05, 4.69) is 44.5 Å². The van der Waals surface area contributed by atoms with Crippen molar-refractivity contribution < 1.29 is 9.47 Å². The number of aromatic nitrogens is 1. The normalized spacial score (nSPS) is 12.2. The molecule has 0 saturated carbocycles. The molecule has 1 heterocycles. The van der Waals surface area contributed by atoms with Gasteiger partial charge in [0.1, 0.15) is 17.3 Å². The van der Waals surface area contributed by atoms with E-state index in [1.54, 1.807) is 13.3 Å². The molecule has 0 amide bonds. The summed E-state index contributed by atoms with van der Waals surface area (Å²) < 4.78 is 10.8. The summed E-state index contributed by atoms with van der Waals surface area (Å²) in [6.45, 7) is 10.0. The third-order valence-corrected chi connectivity index (χ3v) is 4.80. The first-order valence-electron chi connectivity index (χ1n) is 10.1. The van der Waals surface area contributed by atoms with Crippen LogP contribution in [0.1, 0.15) is 44.7 Å². The second-order valence-electron chi connectivity index (χ2n) is 7.31. The Balaban J connectivity index is 0.000000232. The number of pyridine rings is 1. The quantitative estimate of drug-likeness (QED) is 0.560. The molecular weight excluding hydrogens is 372 g/mol. The van der Waals surface area contributed by atoms with Crippen molar-refractivity contribution in [3.05, 3.63) is 95.6 Å². The predicted molar refractivity (Wildman–Crippen MR) is 126 cm³/mol. The molecule has 0 unspecified atom stereocenters. The molecule has 2 aromatic rings. The standard InChI is InChI=1S/C16H18O2.C10H14N2/c1-13(17-2)12-14-8-10-16(11-9-14)18-15-6-4-3-5-7-15;1-7(2)8(3)9-5-4-6-12-10(9)11/h4,6-11H,1,3,5,12H2,2H3;4-6H,1-3H3,(H2,11,12). The molecule has 1 aliphatic carbocycles. The van der Waals surface area contributed by atoms with E-state index in [4.69, 9.17) is 15.2 Å². The van der Waals surface area contributed by atoms with Gasteiger partial charge in [0.15, 0.2) is 0 Å². The van der Waals surface area contributed by atoms with Crippen LogP contribution in [0.3, 0.4) is 0 Å². The Morgan fingerprint density at radius 2 is 1.83 bits per heavy atom. The van der Waals surface area contributed by atoms with Gasteiger partial charge in [-0.25, -0.2) is 4.98 Å². The zero-order valence-electron chi connectivity index (χ0n) is 18.4. The van der Waals surface area contributed by atoms with Gasteiger partial charge >= 0.3 is 0 Å². The van der Waals surface area contributed by atoms with Crippen molar-refractivity contribution in [3.8, 4) is 5.75 Å². The molecule has 0 atom stereocenters. The van der Waals surface area contributed by atoms with E-state index in [9.17, 15) is 0 Å². The first-order chi connectivity index (χ1) is 14.4. The molecule has 30 heavy (non-hydrogen) atoms. The molecule has 0 aliphatic heterocycles. The maximum Gasteiger partial charge on any atom is 0.130 e. The summed E-state index contributed by atoms with van der Waals surface area (Å²) in [6, 6.07) is 11.9. The number of rotatable bonds is 6. The van der Waals surface area contributed by atoms with Crippen LogP contribution in [0.25, 0.3) is 5.57 Å². The van der Waals surface area contributed by atoms with Crippen molar-refractivity contribution >= 4 is 11.4 Å². The number of benzene rings is 1. The highest BCUT2D eigenvalue weighted by molar-refractivity contribution is 5.73. The van der Waals surface area contributed by atoms with Crippen molar-refractivity contribution in [2.75, 3.05) is 12.8 Å². The van der Waals surface area contributed by atoms with E-state index in [-0.39, 0.29) is 0 Å². The Hall–Kier alpha value is -3.27. The number of methoxy groups -OCH3 is 1. The van der Waals surface area contributed by atoms with Gasteiger partial charge < -0.3 is 15.2 Å². The van der Waals surface area contributed by atoms with Gasteiger partial charge in [0.05, 0.1) is 12.9 Å². The Morgan fingerprint density at radius 1 is 1.10 bits per heavy atom. The average molecular weight is 405 g/mol. The van der Waals surface area contributed by atoms with Crippen molar-refractivity contribution in [2.24, 2.45) is 0 Å². The summed E-state index contributed by atoms with van der Waals surface area (Å²) in [5.41, 5.74) is 10.4. The first-order valence-corrected chi connectivity index (χ1v) is 10.1. The highest BCUT2D eigenvalue weighted by Gasteiger charge is 2.03. The molecule has 158 valence electrons. The molecule has 0 spiro atoms. The summed E-state index contributed by atoms with van der Waals surface area (Å²) in [4.78, 5) is 4.03. The predicted octanol–water partition coefficient (Wildman–Crippen LogP) is 6.48. The number of ether oxygens (including phenoxy) is 2. The second kappa shape index (κ2) is 11.7. The van der Waals surface area contributed by atoms with Gasteiger partial charge in [-0.15, -0.1) is 0 Å². The molecule has 0 radical (unpaired) electrons. The minimum atomic E-state index is 0.608. The van der Waals surface area contributed by atoms with E-state index in [1.807, 2.05) is 42.5 Å². The van der Waals surface area contributed by atoms with Crippen molar-refractivity contribution in [1.82, 2.24) is 4.98 Å². The lowest BCUT2D eigenvalue weighted by Crippen LogP contribution is -1.96. The van der Waals surface area contributed by atoms with Crippen molar-refractivity contribution in [3.63, 3.8) is 0 Å². The van der Waals surface area contributed by atoms with Gasteiger partial charge in [0, 0.05) is 18.2 Å². The summed E-state index contributed by atoms with van der Waals surface area (Å²) in [6.07, 6.45) is 10.9. The Labute approximate surface area is 180 Å². The minimum absolute atomic E-state index is 0.608. The fourth-order valence-electron chi connectivity index (χ4n) is 2.78. The molecule has 3 rings (SSSR count). The van der Waals surface area contributed by atoms with Crippen LogP contribution in [0.2, 0.25) is 0 Å². The zero-order chi connectivity index (χ0) is 21.9. The monoisotopic (exact) mass is 404 g/mol. The SMILES string of the molecule is C=C(Cc1ccc(OC2=CCCC=C2)cc1)OC.CC(C)=C(C)c1cccnc1N. The van der Waals surface area contributed by atoms with Crippen LogP contribution < -0.4 is 10.5 Å². The lowest BCUT2D eigenvalue weighted by Gasteiger charge is -2.10. The maximum absolute atomic E-state index is 5.76. The molecule has 1 aromatic heterocycles. The number of anilines is 1. The van der Waals surface area contributed by atoms with Crippen LogP contribution >= 0.6 is 0 Å². The number of hydrogen-bond acceptors (Lipinski definition) is 4. The molecule has 1 aromatic carbocycles. The van der Waals surface area contributed by atoms with Gasteiger partial charge in [0.25, 0.3) is 0 Å². The summed E-state index contributed by atoms with van der Waals surface area (Å²) in [5.74, 6) is 3.16. The third-order valence-electron chi connectivity index (χ3n) is 4.80. The van der Waals surface area contributed by atoms with E-state index in [0.29, 0.717) is 5.82 Å². The van der Waals surface area contributed by atoms with E-state index >= 15 is 0 Å². The highest BCUT2D eigenvalue weighted by atomic mass is 16.5. The van der Waals surface area contributed by atoms with Crippen molar-refractivity contribution in [2.45, 2.75) is 40.0 Å². The average Bonchev–Trinajstić information content (AvgIpc) is 2.76. The lowest BCUT2D eigenvalue weighted by molar-refractivity contribution is 0.285. The Kier molecular flexibility index (Phi) is 8.95. The summed E-state index contributed by atoms with van der Waals surface area (Å²) >= 11 is 0. The van der Waals surface area contributed by atoms with Crippen LogP contribution in [0.15, 0.2) is 84.5 Å². The molecule has 1 aliphatic rings. The van der Waals surface area contributed by atoms with E-state index in [0.717, 1.165) is 42.1 Å². The highest BCUT2D eigenvalue weighted by Crippen LogP contribution is 2.21. The van der Waals surface area contributed by atoms with Crippen molar-refractivity contribution in [1.29, 1.82) is 0 Å². The molecule has 2 N–H and O–H groups in total. The van der Waals surface area contributed by atoms with Crippen LogP contribution in [0, 0.1) is 0 Å². The molecule has 4 nitrogen and oxygen atoms in total. The van der Waals surface area contributed by atoms with Gasteiger partial charge in [-0.1, -0.05) is 30.4 Å². The van der Waals surface area contributed by atoms with E-state index < -0.39 is 0 Å². The number of hydrogen-bond donors (Lipinski definition) is 1. The molecule has 0 saturated heterocycles. The van der Waals surface area contributed by atoms with Gasteiger partial charge in [-0.2, -0.15) is 0 Å². The second-order valence-corrected chi connectivity index (χ2v) is 7.31. The Morgan fingerprint density at radius 3 is 2.40 bits per heavy atom. The topological polar surface area (TPSA) is 57.4 Å². The van der Waals surface area contributed by atoms with Crippen LogP contribution in [-0.4, -0.2) is 12.1 Å². The minimum Gasteiger partial charge on any atom is -0.501 e. The lowest BCUT2D eigenvalue weighted by atomic mass is 10.0. The fourth-order valence-corrected chi connectivity index (χ4v) is 2.78. The smallest absolute Gasteiger partial charge is 0.130 e. The molecular formula is C26H32N2O2. The van der Waals surface area contributed by atoms with Crippen LogP contribution in [0.4, 0.5) is 5.82 Å². The molecule has 0 fully saturated rings. The largest absolute Gasteiger partial charge is 0.501 e. The molecule has 0 bridgehead atoms. The summed E-state index contributed by atoms with van der Waals surface area (Å²) in [5, 5.41) is 0. The fraction of sp³-hybridized carbons (Fsp3) is 0.269. The number of nitrogen functional groups attached to an aromatic ring is 1. The van der Waals surface area contributed by atoms with E-state index in [1.165, 1.54) is 16.7 Å². The third kappa shape index (κ3) is 7.28.